The minimum absolute atomic E-state index is 0.0121. The van der Waals surface area contributed by atoms with Gasteiger partial charge in [-0.1, -0.05) is 0 Å². The number of likely N-dealkylation sites (N-methyl/N-ethyl adjacent to an activating group) is 1. The number of aromatic nitrogens is 4. The molecule has 0 aromatic carbocycles. The Balaban J connectivity index is 2.70. The van der Waals surface area contributed by atoms with E-state index in [0.717, 1.165) is 4.57 Å². The van der Waals surface area contributed by atoms with Crippen molar-refractivity contribution in [2.24, 2.45) is 14.1 Å². The van der Waals surface area contributed by atoms with E-state index in [-0.39, 0.29) is 12.1 Å². The molecule has 0 aliphatic heterocycles. The van der Waals surface area contributed by atoms with Crippen molar-refractivity contribution in [2.45, 2.75) is 6.92 Å². The predicted molar refractivity (Wildman–Crippen MR) is 71.5 cm³/mol. The molecule has 19 heavy (non-hydrogen) atoms. The van der Waals surface area contributed by atoms with Gasteiger partial charge in [-0.15, -0.1) is 0 Å². The van der Waals surface area contributed by atoms with Crippen LogP contribution in [0.25, 0.3) is 11.2 Å². The van der Waals surface area contributed by atoms with E-state index in [4.69, 9.17) is 5.11 Å². The third-order valence-corrected chi connectivity index (χ3v) is 3.13. The van der Waals surface area contributed by atoms with Gasteiger partial charge in [-0.2, -0.15) is 4.98 Å². The molecule has 0 saturated carbocycles. The van der Waals surface area contributed by atoms with Crippen molar-refractivity contribution in [3.05, 3.63) is 20.8 Å². The lowest BCUT2D eigenvalue weighted by molar-refractivity contribution is 0.302. The fourth-order valence-electron chi connectivity index (χ4n) is 2.00. The van der Waals surface area contributed by atoms with Gasteiger partial charge in [0, 0.05) is 27.2 Å². The molecule has 0 radical (unpaired) electrons. The maximum atomic E-state index is 12.0. The van der Waals surface area contributed by atoms with Crippen molar-refractivity contribution in [3.63, 3.8) is 0 Å². The van der Waals surface area contributed by atoms with E-state index in [1.54, 1.807) is 11.9 Å². The highest BCUT2D eigenvalue weighted by Gasteiger charge is 2.15. The molecule has 0 bridgehead atoms. The number of nitrogens with zero attached hydrogens (tertiary/aromatic N) is 4. The van der Waals surface area contributed by atoms with E-state index >= 15 is 0 Å². The first-order chi connectivity index (χ1) is 9.01. The van der Waals surface area contributed by atoms with Crippen LogP contribution >= 0.6 is 0 Å². The second-order valence-corrected chi connectivity index (χ2v) is 4.27. The van der Waals surface area contributed by atoms with E-state index in [2.05, 4.69) is 9.97 Å². The molecule has 2 aromatic rings. The lowest BCUT2D eigenvalue weighted by Crippen LogP contribution is -2.36. The number of rotatable bonds is 4. The van der Waals surface area contributed by atoms with Crippen LogP contribution in [0.4, 0.5) is 5.95 Å². The number of aliphatic hydroxyl groups is 1. The van der Waals surface area contributed by atoms with Crippen LogP contribution in [0.5, 0.6) is 0 Å². The molecule has 0 aliphatic rings. The van der Waals surface area contributed by atoms with Crippen LogP contribution in [0.2, 0.25) is 0 Å². The Labute approximate surface area is 108 Å². The molecule has 2 aromatic heterocycles. The smallest absolute Gasteiger partial charge is 0.332 e. The fourth-order valence-corrected chi connectivity index (χ4v) is 2.00. The quantitative estimate of drug-likeness (QED) is 0.724. The Morgan fingerprint density at radius 2 is 2.00 bits per heavy atom. The van der Waals surface area contributed by atoms with Crippen molar-refractivity contribution < 1.29 is 5.11 Å². The molecule has 0 unspecified atom stereocenters. The van der Waals surface area contributed by atoms with E-state index in [9.17, 15) is 9.59 Å². The summed E-state index contributed by atoms with van der Waals surface area (Å²) in [6.45, 7) is 2.95. The van der Waals surface area contributed by atoms with Crippen molar-refractivity contribution in [3.8, 4) is 0 Å². The summed E-state index contributed by atoms with van der Waals surface area (Å²) in [4.78, 5) is 32.8. The standard InChI is InChI=1S/C11H17N5O3/c1-4-16(5-6-17)10-12-7-8(13-10)14(2)11(19)15(3)9(7)18/h17H,4-6H2,1-3H3,(H,12,13). The van der Waals surface area contributed by atoms with Gasteiger partial charge in [-0.3, -0.25) is 13.9 Å². The summed E-state index contributed by atoms with van der Waals surface area (Å²) in [6, 6.07) is 0. The highest BCUT2D eigenvalue weighted by molar-refractivity contribution is 5.72. The maximum absolute atomic E-state index is 12.0. The average Bonchev–Trinajstić information content (AvgIpc) is 2.85. The van der Waals surface area contributed by atoms with E-state index in [0.29, 0.717) is 24.7 Å². The van der Waals surface area contributed by atoms with E-state index < -0.39 is 11.2 Å². The number of aliphatic hydroxyl groups excluding tert-OH is 1. The Bertz CT molecular complexity index is 711. The molecule has 2 N–H and O–H groups in total. The summed E-state index contributed by atoms with van der Waals surface area (Å²) in [5.41, 5.74) is -0.215. The lowest BCUT2D eigenvalue weighted by Gasteiger charge is -2.17. The first kappa shape index (κ1) is 13.3. The molecule has 8 nitrogen and oxygen atoms in total. The summed E-state index contributed by atoms with van der Waals surface area (Å²) < 4.78 is 2.36. The van der Waals surface area contributed by atoms with Crippen molar-refractivity contribution in [2.75, 3.05) is 24.6 Å². The number of anilines is 1. The maximum Gasteiger partial charge on any atom is 0.332 e. The van der Waals surface area contributed by atoms with Gasteiger partial charge in [0.15, 0.2) is 11.2 Å². The lowest BCUT2D eigenvalue weighted by atomic mass is 10.5. The number of H-pyrrole nitrogens is 1. The van der Waals surface area contributed by atoms with Crippen LogP contribution < -0.4 is 16.1 Å². The number of hydrogen-bond donors (Lipinski definition) is 2. The highest BCUT2D eigenvalue weighted by atomic mass is 16.3. The second-order valence-electron chi connectivity index (χ2n) is 4.27. The molecule has 0 aliphatic carbocycles. The third-order valence-electron chi connectivity index (χ3n) is 3.13. The van der Waals surface area contributed by atoms with Gasteiger partial charge < -0.3 is 15.0 Å². The second kappa shape index (κ2) is 4.88. The van der Waals surface area contributed by atoms with Gasteiger partial charge in [0.2, 0.25) is 5.95 Å². The molecule has 0 amide bonds. The summed E-state index contributed by atoms with van der Waals surface area (Å²) in [5, 5.41) is 9.00. The molecule has 8 heteroatoms. The van der Waals surface area contributed by atoms with Gasteiger partial charge in [-0.05, 0) is 6.92 Å². The van der Waals surface area contributed by atoms with Crippen LogP contribution in [-0.2, 0) is 14.1 Å². The minimum atomic E-state index is -0.416. The van der Waals surface area contributed by atoms with Crippen molar-refractivity contribution in [1.82, 2.24) is 19.1 Å². The summed E-state index contributed by atoms with van der Waals surface area (Å²) in [5.74, 6) is 0.477. The Morgan fingerprint density at radius 3 is 2.58 bits per heavy atom. The highest BCUT2D eigenvalue weighted by Crippen LogP contribution is 2.12. The minimum Gasteiger partial charge on any atom is -0.395 e. The topological polar surface area (TPSA) is 96.2 Å². The van der Waals surface area contributed by atoms with Gasteiger partial charge >= 0.3 is 5.69 Å². The zero-order valence-electron chi connectivity index (χ0n) is 11.2. The zero-order chi connectivity index (χ0) is 14.2. The molecular weight excluding hydrogens is 250 g/mol. The largest absolute Gasteiger partial charge is 0.395 e. The van der Waals surface area contributed by atoms with Crippen LogP contribution in [-0.4, -0.2) is 43.9 Å². The number of fused-ring (bicyclic) bond motifs is 1. The first-order valence-electron chi connectivity index (χ1n) is 6.02. The Hall–Kier alpha value is -2.09. The molecule has 0 saturated heterocycles. The van der Waals surface area contributed by atoms with Crippen molar-refractivity contribution in [1.29, 1.82) is 0 Å². The summed E-state index contributed by atoms with van der Waals surface area (Å²) in [6.07, 6.45) is 0. The zero-order valence-corrected chi connectivity index (χ0v) is 11.2. The van der Waals surface area contributed by atoms with Crippen LogP contribution in [0, 0.1) is 0 Å². The van der Waals surface area contributed by atoms with Crippen LogP contribution in [0.15, 0.2) is 9.59 Å². The van der Waals surface area contributed by atoms with Crippen LogP contribution in [0.3, 0.4) is 0 Å². The van der Waals surface area contributed by atoms with Crippen LogP contribution in [0.1, 0.15) is 6.92 Å². The average molecular weight is 267 g/mol. The van der Waals surface area contributed by atoms with Gasteiger partial charge in [0.25, 0.3) is 5.56 Å². The summed E-state index contributed by atoms with van der Waals surface area (Å²) in [7, 11) is 2.99. The Kier molecular flexibility index (Phi) is 3.43. The number of aryl methyl sites for hydroxylation is 1. The van der Waals surface area contributed by atoms with Crippen molar-refractivity contribution >= 4 is 17.1 Å². The monoisotopic (exact) mass is 267 g/mol. The molecule has 2 heterocycles. The number of aromatic amines is 1. The number of imidazole rings is 1. The van der Waals surface area contributed by atoms with E-state index in [1.807, 2.05) is 6.92 Å². The Morgan fingerprint density at radius 1 is 1.32 bits per heavy atom. The molecule has 104 valence electrons. The molecule has 0 fully saturated rings. The normalized spacial score (nSPS) is 11.2. The molecule has 2 rings (SSSR count). The third kappa shape index (κ3) is 2.03. The van der Waals surface area contributed by atoms with Gasteiger partial charge in [-0.25, -0.2) is 4.79 Å². The predicted octanol–water partition coefficient (Wildman–Crippen LogP) is -1.22. The number of hydrogen-bond acceptors (Lipinski definition) is 5. The first-order valence-corrected chi connectivity index (χ1v) is 6.02. The summed E-state index contributed by atoms with van der Waals surface area (Å²) >= 11 is 0. The van der Waals surface area contributed by atoms with Gasteiger partial charge in [0.05, 0.1) is 6.61 Å². The molecule has 0 atom stereocenters. The van der Waals surface area contributed by atoms with E-state index in [1.165, 1.54) is 11.6 Å². The number of nitrogens with one attached hydrogen (secondary N) is 1. The molecule has 0 spiro atoms. The molecular formula is C11H17N5O3. The van der Waals surface area contributed by atoms with Gasteiger partial charge in [0.1, 0.15) is 0 Å². The fraction of sp³-hybridized carbons (Fsp3) is 0.545. The SMILES string of the molecule is CCN(CCO)c1nc2c([nH]1)c(=O)n(C)c(=O)n2C.